The molecule has 92 valence electrons. The van der Waals surface area contributed by atoms with E-state index >= 15 is 0 Å². The van der Waals surface area contributed by atoms with Crippen LogP contribution in [-0.4, -0.2) is 12.6 Å². The fraction of sp³-hybridized carbons (Fsp3) is 0.333. The van der Waals surface area contributed by atoms with Gasteiger partial charge in [0.05, 0.1) is 5.57 Å². The summed E-state index contributed by atoms with van der Waals surface area (Å²) in [6.45, 7) is 4.25. The second-order valence-corrected chi connectivity index (χ2v) is 3.65. The highest BCUT2D eigenvalue weighted by Gasteiger charge is 1.91. The van der Waals surface area contributed by atoms with Gasteiger partial charge in [0, 0.05) is 0 Å². The molecule has 1 rings (SSSR count). The molecule has 17 heavy (non-hydrogen) atoms. The Hall–Kier alpha value is -1.70. The Kier molecular flexibility index (Phi) is 9.73. The van der Waals surface area contributed by atoms with Crippen molar-refractivity contribution in [1.82, 2.24) is 0 Å². The van der Waals surface area contributed by atoms with Crippen LogP contribution in [0.1, 0.15) is 33.1 Å². The summed E-state index contributed by atoms with van der Waals surface area (Å²) < 4.78 is 0. The number of rotatable bonds is 4. The molecule has 1 aliphatic carbocycles. The van der Waals surface area contributed by atoms with Crippen molar-refractivity contribution in [1.29, 1.82) is 0 Å². The summed E-state index contributed by atoms with van der Waals surface area (Å²) in [4.78, 5) is 20.5. The Balaban J connectivity index is 0.000000770. The van der Waals surface area contributed by atoms with Crippen LogP contribution in [0.4, 0.5) is 0 Å². The summed E-state index contributed by atoms with van der Waals surface area (Å²) in [6, 6.07) is 0. The number of aldehydes is 2. The molecule has 0 heterocycles. The molecular weight excluding hydrogens is 212 g/mol. The van der Waals surface area contributed by atoms with E-state index in [-0.39, 0.29) is 5.57 Å². The zero-order valence-electron chi connectivity index (χ0n) is 10.6. The monoisotopic (exact) mass is 232 g/mol. The fourth-order valence-corrected chi connectivity index (χ4v) is 1.13. The smallest absolute Gasteiger partial charge is 0.153 e. The molecule has 1 aliphatic rings. The maximum Gasteiger partial charge on any atom is 0.153 e. The Morgan fingerprint density at radius 3 is 2.35 bits per heavy atom. The Bertz CT molecular complexity index is 334. The van der Waals surface area contributed by atoms with Crippen molar-refractivity contribution in [3.63, 3.8) is 0 Å². The Labute approximate surface area is 103 Å². The molecular formula is C15H20O2. The van der Waals surface area contributed by atoms with E-state index in [1.807, 2.05) is 12.2 Å². The standard InChI is InChI=1S/C12H12O2.C3H8/c13-9-12(10-14)8-4-7-11-5-2-1-3-6-11;1-3-2/h2,4-10H,1,3H2;3H2,1-2H3/b7-4+;. The van der Waals surface area contributed by atoms with E-state index in [1.165, 1.54) is 12.5 Å². The van der Waals surface area contributed by atoms with Gasteiger partial charge in [-0.3, -0.25) is 9.59 Å². The lowest BCUT2D eigenvalue weighted by molar-refractivity contribution is -0.109. The van der Waals surface area contributed by atoms with Gasteiger partial charge in [-0.25, -0.2) is 0 Å². The highest BCUT2D eigenvalue weighted by molar-refractivity contribution is 5.99. The molecule has 0 amide bonds. The molecule has 0 bridgehead atoms. The van der Waals surface area contributed by atoms with Crippen LogP contribution in [0.2, 0.25) is 0 Å². The van der Waals surface area contributed by atoms with Crippen molar-refractivity contribution in [3.8, 4) is 0 Å². The van der Waals surface area contributed by atoms with Gasteiger partial charge in [-0.1, -0.05) is 50.6 Å². The summed E-state index contributed by atoms with van der Waals surface area (Å²) in [6.07, 6.45) is 15.8. The molecule has 0 aromatic heterocycles. The quantitative estimate of drug-likeness (QED) is 0.244. The molecule has 0 N–H and O–H groups in total. The van der Waals surface area contributed by atoms with Crippen molar-refractivity contribution in [3.05, 3.63) is 47.6 Å². The molecule has 0 aromatic rings. The summed E-state index contributed by atoms with van der Waals surface area (Å²) in [5.74, 6) is 0. The van der Waals surface area contributed by atoms with Crippen LogP contribution in [0.25, 0.3) is 0 Å². The van der Waals surface area contributed by atoms with Crippen molar-refractivity contribution in [2.24, 2.45) is 0 Å². The first-order chi connectivity index (χ1) is 8.28. The maximum absolute atomic E-state index is 10.3. The molecule has 0 saturated carbocycles. The van der Waals surface area contributed by atoms with Crippen molar-refractivity contribution < 1.29 is 9.59 Å². The lowest BCUT2D eigenvalue weighted by Gasteiger charge is -1.99. The Morgan fingerprint density at radius 2 is 1.88 bits per heavy atom. The van der Waals surface area contributed by atoms with Gasteiger partial charge in [0.1, 0.15) is 0 Å². The van der Waals surface area contributed by atoms with Crippen LogP contribution < -0.4 is 0 Å². The topological polar surface area (TPSA) is 34.1 Å². The minimum absolute atomic E-state index is 0.154. The van der Waals surface area contributed by atoms with Gasteiger partial charge in [0.25, 0.3) is 0 Å². The first-order valence-electron chi connectivity index (χ1n) is 5.93. The van der Waals surface area contributed by atoms with Gasteiger partial charge >= 0.3 is 0 Å². The van der Waals surface area contributed by atoms with E-state index in [4.69, 9.17) is 0 Å². The normalized spacial score (nSPS) is 13.4. The average Bonchev–Trinajstić information content (AvgIpc) is 2.37. The second kappa shape index (κ2) is 10.8. The highest BCUT2D eigenvalue weighted by atomic mass is 16.1. The molecule has 0 spiro atoms. The largest absolute Gasteiger partial charge is 0.298 e. The molecule has 2 nitrogen and oxygen atoms in total. The van der Waals surface area contributed by atoms with E-state index in [2.05, 4.69) is 26.0 Å². The number of hydrogen-bond donors (Lipinski definition) is 0. The lowest BCUT2D eigenvalue weighted by Crippen LogP contribution is -1.83. The SMILES string of the molecule is CCC.O=CC(C=O)=C/C=C/C1=CCCC=C1. The van der Waals surface area contributed by atoms with E-state index in [0.717, 1.165) is 18.4 Å². The number of allylic oxidation sites excluding steroid dienone is 8. The van der Waals surface area contributed by atoms with Crippen LogP contribution >= 0.6 is 0 Å². The van der Waals surface area contributed by atoms with Gasteiger partial charge in [-0.2, -0.15) is 0 Å². The van der Waals surface area contributed by atoms with E-state index < -0.39 is 0 Å². The van der Waals surface area contributed by atoms with Crippen molar-refractivity contribution in [2.75, 3.05) is 0 Å². The van der Waals surface area contributed by atoms with Crippen LogP contribution in [0.15, 0.2) is 47.6 Å². The molecule has 0 atom stereocenters. The first kappa shape index (κ1) is 15.3. The third-order valence-electron chi connectivity index (χ3n) is 1.87. The molecule has 2 heteroatoms. The second-order valence-electron chi connectivity index (χ2n) is 3.65. The van der Waals surface area contributed by atoms with Gasteiger partial charge in [-0.05, 0) is 24.5 Å². The zero-order valence-corrected chi connectivity index (χ0v) is 10.6. The van der Waals surface area contributed by atoms with E-state index in [0.29, 0.717) is 12.6 Å². The third kappa shape index (κ3) is 8.14. The highest BCUT2D eigenvalue weighted by Crippen LogP contribution is 2.10. The number of carbonyl (C=O) groups excluding carboxylic acids is 2. The van der Waals surface area contributed by atoms with Crippen LogP contribution in [0.5, 0.6) is 0 Å². The predicted octanol–water partition coefficient (Wildman–Crippen LogP) is 3.56. The van der Waals surface area contributed by atoms with Gasteiger partial charge in [-0.15, -0.1) is 0 Å². The molecule has 0 fully saturated rings. The van der Waals surface area contributed by atoms with Crippen LogP contribution in [0.3, 0.4) is 0 Å². The zero-order chi connectivity index (χ0) is 12.9. The van der Waals surface area contributed by atoms with Gasteiger partial charge < -0.3 is 0 Å². The third-order valence-corrected chi connectivity index (χ3v) is 1.87. The van der Waals surface area contributed by atoms with Crippen molar-refractivity contribution in [2.45, 2.75) is 33.1 Å². The Morgan fingerprint density at radius 1 is 1.24 bits per heavy atom. The molecule has 0 aromatic carbocycles. The maximum atomic E-state index is 10.3. The summed E-state index contributed by atoms with van der Waals surface area (Å²) in [7, 11) is 0. The lowest BCUT2D eigenvalue weighted by atomic mass is 10.1. The van der Waals surface area contributed by atoms with Crippen LogP contribution in [-0.2, 0) is 9.59 Å². The minimum Gasteiger partial charge on any atom is -0.298 e. The van der Waals surface area contributed by atoms with E-state index in [9.17, 15) is 9.59 Å². The van der Waals surface area contributed by atoms with Crippen molar-refractivity contribution >= 4 is 12.6 Å². The molecule has 0 radical (unpaired) electrons. The van der Waals surface area contributed by atoms with Crippen LogP contribution in [0, 0.1) is 0 Å². The number of carbonyl (C=O) groups is 2. The summed E-state index contributed by atoms with van der Waals surface area (Å²) in [5, 5.41) is 0. The van der Waals surface area contributed by atoms with Gasteiger partial charge in [0.15, 0.2) is 12.6 Å². The number of hydrogen-bond acceptors (Lipinski definition) is 2. The van der Waals surface area contributed by atoms with E-state index in [1.54, 1.807) is 6.08 Å². The predicted molar refractivity (Wildman–Crippen MR) is 71.8 cm³/mol. The minimum atomic E-state index is 0.154. The molecule has 0 unspecified atom stereocenters. The first-order valence-corrected chi connectivity index (χ1v) is 5.93. The summed E-state index contributed by atoms with van der Waals surface area (Å²) >= 11 is 0. The average molecular weight is 232 g/mol. The fourth-order valence-electron chi connectivity index (χ4n) is 1.13. The summed E-state index contributed by atoms with van der Waals surface area (Å²) in [5.41, 5.74) is 1.27. The molecule has 0 aliphatic heterocycles. The molecule has 0 saturated heterocycles. The van der Waals surface area contributed by atoms with Gasteiger partial charge in [0.2, 0.25) is 0 Å².